The fourth-order valence-corrected chi connectivity index (χ4v) is 3.75. The molecule has 0 aliphatic rings. The normalized spacial score (nSPS) is 12.7. The van der Waals surface area contributed by atoms with Gasteiger partial charge in [0.05, 0.1) is 10.9 Å². The predicted octanol–water partition coefficient (Wildman–Crippen LogP) is 4.36. The zero-order valence-corrected chi connectivity index (χ0v) is 18.0. The first kappa shape index (κ1) is 23.2. The number of aromatic nitrogens is 3. The van der Waals surface area contributed by atoms with Crippen LogP contribution in [-0.4, -0.2) is 25.5 Å². The molecule has 2 aromatic heterocycles. The van der Waals surface area contributed by atoms with E-state index >= 15 is 0 Å². The molecule has 0 spiro atoms. The number of benzene rings is 2. The van der Waals surface area contributed by atoms with Crippen molar-refractivity contribution in [3.05, 3.63) is 71.4 Å². The van der Waals surface area contributed by atoms with Crippen LogP contribution in [0.15, 0.2) is 48.7 Å². The third-order valence-electron chi connectivity index (χ3n) is 5.25. The molecule has 0 aliphatic carbocycles. The number of aliphatic hydroxyl groups is 1. The summed E-state index contributed by atoms with van der Waals surface area (Å²) in [7, 11) is 1.63. The number of rotatable bonds is 4. The van der Waals surface area contributed by atoms with Gasteiger partial charge in [-0.3, -0.25) is 4.79 Å². The van der Waals surface area contributed by atoms with Crippen molar-refractivity contribution >= 4 is 28.4 Å². The Labute approximate surface area is 190 Å². The molecule has 0 radical (unpaired) electrons. The number of carbonyl (C=O) groups excluding carboxylic acids is 1. The van der Waals surface area contributed by atoms with E-state index in [0.29, 0.717) is 11.5 Å². The molecule has 1 unspecified atom stereocenters. The lowest BCUT2D eigenvalue weighted by Gasteiger charge is -2.16. The van der Waals surface area contributed by atoms with E-state index in [9.17, 15) is 27.5 Å². The van der Waals surface area contributed by atoms with E-state index in [1.807, 2.05) is 0 Å². The number of fused-ring (bicyclic) bond motifs is 1. The van der Waals surface area contributed by atoms with Crippen LogP contribution >= 0.6 is 0 Å². The maximum absolute atomic E-state index is 14.0. The third-order valence-corrected chi connectivity index (χ3v) is 5.25. The van der Waals surface area contributed by atoms with Crippen LogP contribution in [0.5, 0.6) is 0 Å². The van der Waals surface area contributed by atoms with Crippen molar-refractivity contribution in [1.29, 1.82) is 0 Å². The lowest BCUT2D eigenvalue weighted by Crippen LogP contribution is -2.21. The van der Waals surface area contributed by atoms with Gasteiger partial charge in [-0.1, -0.05) is 18.2 Å². The SMILES string of the molecule is Cc1nc(N)c2c(-c3ccc(NC(=O)C(O)c4cccc(F)c4)cc3C(F)(F)F)cn(C)c2n1. The lowest BCUT2D eigenvalue weighted by atomic mass is 9.98. The second-order valence-corrected chi connectivity index (χ2v) is 7.71. The number of aryl methyl sites for hydroxylation is 2. The van der Waals surface area contributed by atoms with Crippen LogP contribution in [0, 0.1) is 12.7 Å². The minimum atomic E-state index is -4.78. The molecule has 0 fully saturated rings. The van der Waals surface area contributed by atoms with E-state index in [1.165, 1.54) is 30.5 Å². The van der Waals surface area contributed by atoms with Crippen LogP contribution < -0.4 is 11.1 Å². The van der Waals surface area contributed by atoms with Gasteiger partial charge in [0, 0.05) is 24.5 Å². The molecule has 0 saturated carbocycles. The van der Waals surface area contributed by atoms with Crippen molar-refractivity contribution in [2.24, 2.45) is 7.05 Å². The molecule has 1 amide bonds. The summed E-state index contributed by atoms with van der Waals surface area (Å²) in [5.74, 6) is -1.25. The number of nitrogens with one attached hydrogen (secondary N) is 1. The summed E-state index contributed by atoms with van der Waals surface area (Å²) in [6.07, 6.45) is -5.08. The van der Waals surface area contributed by atoms with Gasteiger partial charge in [0.2, 0.25) is 0 Å². The molecule has 2 aromatic carbocycles. The van der Waals surface area contributed by atoms with Crippen LogP contribution in [0.3, 0.4) is 0 Å². The minimum Gasteiger partial charge on any atom is -0.383 e. The first-order valence-corrected chi connectivity index (χ1v) is 10.0. The van der Waals surface area contributed by atoms with Gasteiger partial charge in [-0.2, -0.15) is 13.2 Å². The van der Waals surface area contributed by atoms with E-state index in [0.717, 1.165) is 18.2 Å². The maximum atomic E-state index is 14.0. The molecule has 0 aliphatic heterocycles. The molecule has 4 aromatic rings. The van der Waals surface area contributed by atoms with Crippen LogP contribution in [-0.2, 0) is 18.0 Å². The summed E-state index contributed by atoms with van der Waals surface area (Å²) < 4.78 is 57.0. The highest BCUT2D eigenvalue weighted by Crippen LogP contribution is 2.42. The van der Waals surface area contributed by atoms with E-state index in [4.69, 9.17) is 5.73 Å². The number of halogens is 4. The van der Waals surface area contributed by atoms with E-state index < -0.39 is 29.6 Å². The number of hydrogen-bond acceptors (Lipinski definition) is 5. The quantitative estimate of drug-likeness (QED) is 0.382. The van der Waals surface area contributed by atoms with Gasteiger partial charge in [-0.25, -0.2) is 14.4 Å². The summed E-state index contributed by atoms with van der Waals surface area (Å²) in [5.41, 5.74) is 5.12. The molecular formula is C23H19F4N5O2. The summed E-state index contributed by atoms with van der Waals surface area (Å²) in [6, 6.07) is 7.95. The maximum Gasteiger partial charge on any atom is 0.417 e. The molecule has 0 saturated heterocycles. The molecule has 11 heteroatoms. The van der Waals surface area contributed by atoms with E-state index in [-0.39, 0.29) is 33.6 Å². The molecule has 34 heavy (non-hydrogen) atoms. The number of amides is 1. The first-order valence-electron chi connectivity index (χ1n) is 10.0. The molecular weight excluding hydrogens is 454 g/mol. The van der Waals surface area contributed by atoms with Gasteiger partial charge in [-0.05, 0) is 42.3 Å². The van der Waals surface area contributed by atoms with Crippen LogP contribution in [0.4, 0.5) is 29.1 Å². The summed E-state index contributed by atoms with van der Waals surface area (Å²) in [4.78, 5) is 20.7. The first-order chi connectivity index (χ1) is 16.0. The smallest absolute Gasteiger partial charge is 0.383 e. The number of anilines is 2. The van der Waals surface area contributed by atoms with Crippen molar-refractivity contribution in [1.82, 2.24) is 14.5 Å². The Bertz CT molecular complexity index is 1410. The standard InChI is InChI=1S/C23H19F4N5O2/c1-11-29-20(28)18-16(10-32(2)21(18)30-11)15-7-6-14(9-17(15)23(25,26)27)31-22(34)19(33)12-4-3-5-13(24)8-12/h3-10,19,33H,1-2H3,(H,31,34)(H2,28,29,30). The topological polar surface area (TPSA) is 106 Å². The molecule has 4 rings (SSSR count). The second kappa shape index (κ2) is 8.41. The summed E-state index contributed by atoms with van der Waals surface area (Å²) >= 11 is 0. The number of hydrogen-bond donors (Lipinski definition) is 3. The van der Waals surface area contributed by atoms with Crippen molar-refractivity contribution in [3.63, 3.8) is 0 Å². The molecule has 4 N–H and O–H groups in total. The molecule has 2 heterocycles. The number of nitrogens with two attached hydrogens (primary N) is 1. The zero-order chi connectivity index (χ0) is 24.8. The van der Waals surface area contributed by atoms with Crippen LogP contribution in [0.2, 0.25) is 0 Å². The minimum absolute atomic E-state index is 0.0355. The van der Waals surface area contributed by atoms with Crippen molar-refractivity contribution in [2.45, 2.75) is 19.2 Å². The highest BCUT2D eigenvalue weighted by atomic mass is 19.4. The van der Waals surface area contributed by atoms with Crippen molar-refractivity contribution in [2.75, 3.05) is 11.1 Å². The lowest BCUT2D eigenvalue weighted by molar-refractivity contribution is -0.137. The van der Waals surface area contributed by atoms with Gasteiger partial charge in [-0.15, -0.1) is 0 Å². The molecule has 176 valence electrons. The number of carbonyl (C=O) groups is 1. The highest BCUT2D eigenvalue weighted by molar-refractivity contribution is 6.02. The highest BCUT2D eigenvalue weighted by Gasteiger charge is 2.35. The largest absolute Gasteiger partial charge is 0.417 e. The Morgan fingerprint density at radius 2 is 1.88 bits per heavy atom. The van der Waals surface area contributed by atoms with E-state index in [1.54, 1.807) is 18.5 Å². The number of nitrogens with zero attached hydrogens (tertiary/aromatic N) is 3. The fraction of sp³-hybridized carbons (Fsp3) is 0.174. The molecule has 1 atom stereocenters. The van der Waals surface area contributed by atoms with Gasteiger partial charge in [0.1, 0.15) is 23.1 Å². The Morgan fingerprint density at radius 3 is 2.56 bits per heavy atom. The Hall–Kier alpha value is -3.99. The number of aliphatic hydroxyl groups excluding tert-OH is 1. The van der Waals surface area contributed by atoms with Crippen molar-refractivity contribution < 1.29 is 27.5 Å². The average molecular weight is 473 g/mol. The third kappa shape index (κ3) is 4.29. The van der Waals surface area contributed by atoms with Gasteiger partial charge in [0.15, 0.2) is 6.10 Å². The molecule has 7 nitrogen and oxygen atoms in total. The van der Waals surface area contributed by atoms with Gasteiger partial charge in [0.25, 0.3) is 5.91 Å². The Kier molecular flexibility index (Phi) is 5.74. The second-order valence-electron chi connectivity index (χ2n) is 7.71. The van der Waals surface area contributed by atoms with Crippen LogP contribution in [0.25, 0.3) is 22.2 Å². The molecule has 0 bridgehead atoms. The Morgan fingerprint density at radius 1 is 1.15 bits per heavy atom. The summed E-state index contributed by atoms with van der Waals surface area (Å²) in [5, 5.41) is 12.7. The zero-order valence-electron chi connectivity index (χ0n) is 18.0. The van der Waals surface area contributed by atoms with Gasteiger partial charge >= 0.3 is 6.18 Å². The monoisotopic (exact) mass is 473 g/mol. The van der Waals surface area contributed by atoms with Gasteiger partial charge < -0.3 is 20.7 Å². The fourth-order valence-electron chi connectivity index (χ4n) is 3.75. The predicted molar refractivity (Wildman–Crippen MR) is 118 cm³/mol. The summed E-state index contributed by atoms with van der Waals surface area (Å²) in [6.45, 7) is 1.62. The van der Waals surface area contributed by atoms with E-state index in [2.05, 4.69) is 15.3 Å². The van der Waals surface area contributed by atoms with Crippen LogP contribution in [0.1, 0.15) is 23.1 Å². The average Bonchev–Trinajstić information content (AvgIpc) is 3.09. The van der Waals surface area contributed by atoms with Crippen molar-refractivity contribution in [3.8, 4) is 11.1 Å². The Balaban J connectivity index is 1.75. The number of alkyl halides is 3. The number of nitrogen functional groups attached to an aromatic ring is 1.